The van der Waals surface area contributed by atoms with Crippen molar-refractivity contribution in [2.24, 2.45) is 5.14 Å². The zero-order chi connectivity index (χ0) is 12.9. The van der Waals surface area contributed by atoms with E-state index in [0.717, 1.165) is 11.3 Å². The summed E-state index contributed by atoms with van der Waals surface area (Å²) in [6.45, 7) is 2.29. The van der Waals surface area contributed by atoms with Crippen molar-refractivity contribution in [2.75, 3.05) is 19.4 Å². The van der Waals surface area contributed by atoms with Crippen LogP contribution in [0, 0.1) is 0 Å². The fourth-order valence-corrected chi connectivity index (χ4v) is 1.85. The summed E-state index contributed by atoms with van der Waals surface area (Å²) in [7, 11) is -1.79. The van der Waals surface area contributed by atoms with Crippen LogP contribution in [0.25, 0.3) is 0 Å². The SMILES string of the molecule is COc1cccc([C@@H](C)NCCS(N)(=O)=O)c1. The molecular weight excluding hydrogens is 240 g/mol. The van der Waals surface area contributed by atoms with Crippen molar-refractivity contribution in [3.8, 4) is 5.75 Å². The Morgan fingerprint density at radius 2 is 2.18 bits per heavy atom. The Bertz CT molecular complexity index is 460. The van der Waals surface area contributed by atoms with Gasteiger partial charge in [-0.1, -0.05) is 12.1 Å². The van der Waals surface area contributed by atoms with E-state index in [1.54, 1.807) is 7.11 Å². The summed E-state index contributed by atoms with van der Waals surface area (Å²) in [6.07, 6.45) is 0. The average Bonchev–Trinajstić information content (AvgIpc) is 2.27. The van der Waals surface area contributed by atoms with Crippen molar-refractivity contribution >= 4 is 10.0 Å². The molecule has 0 heterocycles. The van der Waals surface area contributed by atoms with E-state index in [-0.39, 0.29) is 11.8 Å². The number of hydrogen-bond acceptors (Lipinski definition) is 4. The van der Waals surface area contributed by atoms with Crippen LogP contribution in [0.4, 0.5) is 0 Å². The summed E-state index contributed by atoms with van der Waals surface area (Å²) in [6, 6.07) is 7.67. The maximum absolute atomic E-state index is 10.8. The van der Waals surface area contributed by atoms with Gasteiger partial charge in [0.05, 0.1) is 12.9 Å². The second-order valence-corrected chi connectivity index (χ2v) is 5.55. The van der Waals surface area contributed by atoms with Gasteiger partial charge in [0.1, 0.15) is 5.75 Å². The fourth-order valence-electron chi connectivity index (χ4n) is 1.45. The van der Waals surface area contributed by atoms with Gasteiger partial charge in [0.25, 0.3) is 0 Å². The van der Waals surface area contributed by atoms with Gasteiger partial charge in [-0.25, -0.2) is 13.6 Å². The predicted molar refractivity (Wildman–Crippen MR) is 67.4 cm³/mol. The van der Waals surface area contributed by atoms with E-state index in [2.05, 4.69) is 5.32 Å². The Morgan fingerprint density at radius 1 is 1.47 bits per heavy atom. The number of benzene rings is 1. The van der Waals surface area contributed by atoms with Crippen LogP contribution in [0.5, 0.6) is 5.75 Å². The molecule has 0 spiro atoms. The quantitative estimate of drug-likeness (QED) is 0.784. The highest BCUT2D eigenvalue weighted by atomic mass is 32.2. The molecule has 96 valence electrons. The molecule has 1 aromatic carbocycles. The summed E-state index contributed by atoms with van der Waals surface area (Å²) < 4.78 is 26.7. The molecular formula is C11H18N2O3S. The molecule has 3 N–H and O–H groups in total. The van der Waals surface area contributed by atoms with Crippen molar-refractivity contribution in [3.05, 3.63) is 29.8 Å². The first-order valence-electron chi connectivity index (χ1n) is 5.30. The number of hydrogen-bond donors (Lipinski definition) is 2. The molecule has 0 aromatic heterocycles. The fraction of sp³-hybridized carbons (Fsp3) is 0.455. The minimum atomic E-state index is -3.40. The Kier molecular flexibility index (Phi) is 4.92. The van der Waals surface area contributed by atoms with Gasteiger partial charge < -0.3 is 10.1 Å². The molecule has 17 heavy (non-hydrogen) atoms. The van der Waals surface area contributed by atoms with E-state index in [4.69, 9.17) is 9.88 Å². The van der Waals surface area contributed by atoms with Gasteiger partial charge >= 0.3 is 0 Å². The van der Waals surface area contributed by atoms with Crippen LogP contribution in [0.15, 0.2) is 24.3 Å². The highest BCUT2D eigenvalue weighted by Crippen LogP contribution is 2.18. The molecule has 0 radical (unpaired) electrons. The average molecular weight is 258 g/mol. The number of ether oxygens (including phenoxy) is 1. The zero-order valence-corrected chi connectivity index (χ0v) is 10.8. The van der Waals surface area contributed by atoms with Crippen LogP contribution < -0.4 is 15.2 Å². The van der Waals surface area contributed by atoms with E-state index < -0.39 is 10.0 Å². The van der Waals surface area contributed by atoms with Crippen molar-refractivity contribution in [1.29, 1.82) is 0 Å². The maximum Gasteiger partial charge on any atom is 0.210 e. The lowest BCUT2D eigenvalue weighted by Gasteiger charge is -2.14. The van der Waals surface area contributed by atoms with Crippen LogP contribution in [0.2, 0.25) is 0 Å². The largest absolute Gasteiger partial charge is 0.497 e. The Morgan fingerprint density at radius 3 is 2.76 bits per heavy atom. The minimum Gasteiger partial charge on any atom is -0.497 e. The highest BCUT2D eigenvalue weighted by molar-refractivity contribution is 7.89. The number of nitrogens with one attached hydrogen (secondary N) is 1. The predicted octanol–water partition coefficient (Wildman–Crippen LogP) is 0.634. The van der Waals surface area contributed by atoms with Gasteiger partial charge in [-0.2, -0.15) is 0 Å². The number of sulfonamides is 1. The smallest absolute Gasteiger partial charge is 0.210 e. The highest BCUT2D eigenvalue weighted by Gasteiger charge is 2.07. The summed E-state index contributed by atoms with van der Waals surface area (Å²) >= 11 is 0. The van der Waals surface area contributed by atoms with Crippen molar-refractivity contribution in [2.45, 2.75) is 13.0 Å². The number of nitrogens with two attached hydrogens (primary N) is 1. The van der Waals surface area contributed by atoms with Crippen LogP contribution in [0.1, 0.15) is 18.5 Å². The Labute approximate surface area is 102 Å². The molecule has 0 saturated carbocycles. The molecule has 6 heteroatoms. The third kappa shape index (κ3) is 5.16. The number of primary sulfonamides is 1. The summed E-state index contributed by atoms with van der Waals surface area (Å²) in [5, 5.41) is 8.01. The van der Waals surface area contributed by atoms with E-state index in [0.29, 0.717) is 6.54 Å². The topological polar surface area (TPSA) is 81.4 Å². The van der Waals surface area contributed by atoms with Crippen molar-refractivity contribution in [1.82, 2.24) is 5.32 Å². The molecule has 1 aromatic rings. The first-order valence-corrected chi connectivity index (χ1v) is 7.02. The first-order chi connectivity index (χ1) is 7.92. The van der Waals surface area contributed by atoms with Crippen LogP contribution in [-0.4, -0.2) is 27.8 Å². The monoisotopic (exact) mass is 258 g/mol. The molecule has 0 aliphatic heterocycles. The molecule has 0 aliphatic carbocycles. The molecule has 0 unspecified atom stereocenters. The van der Waals surface area contributed by atoms with E-state index in [1.807, 2.05) is 31.2 Å². The van der Waals surface area contributed by atoms with Gasteiger partial charge in [-0.05, 0) is 24.6 Å². The molecule has 0 bridgehead atoms. The molecule has 0 saturated heterocycles. The van der Waals surface area contributed by atoms with E-state index in [9.17, 15) is 8.42 Å². The first kappa shape index (κ1) is 14.0. The molecule has 0 aliphatic rings. The lowest BCUT2D eigenvalue weighted by Crippen LogP contribution is -2.28. The minimum absolute atomic E-state index is 0.0480. The van der Waals surface area contributed by atoms with Gasteiger partial charge in [0, 0.05) is 12.6 Å². The summed E-state index contributed by atoms with van der Waals surface area (Å²) in [4.78, 5) is 0. The lowest BCUT2D eigenvalue weighted by atomic mass is 10.1. The van der Waals surface area contributed by atoms with Crippen molar-refractivity contribution < 1.29 is 13.2 Å². The Hall–Kier alpha value is -1.11. The van der Waals surface area contributed by atoms with Gasteiger partial charge in [0.15, 0.2) is 0 Å². The van der Waals surface area contributed by atoms with Crippen LogP contribution >= 0.6 is 0 Å². The van der Waals surface area contributed by atoms with E-state index >= 15 is 0 Å². The van der Waals surface area contributed by atoms with Gasteiger partial charge in [0.2, 0.25) is 10.0 Å². The molecule has 5 nitrogen and oxygen atoms in total. The number of rotatable bonds is 6. The molecule has 1 rings (SSSR count). The van der Waals surface area contributed by atoms with E-state index in [1.165, 1.54) is 0 Å². The van der Waals surface area contributed by atoms with Gasteiger partial charge in [-0.3, -0.25) is 0 Å². The summed E-state index contributed by atoms with van der Waals surface area (Å²) in [5.41, 5.74) is 1.04. The van der Waals surface area contributed by atoms with Crippen LogP contribution in [0.3, 0.4) is 0 Å². The maximum atomic E-state index is 10.8. The molecule has 1 atom stereocenters. The molecule has 0 fully saturated rings. The molecule has 0 amide bonds. The second-order valence-electron chi connectivity index (χ2n) is 3.82. The normalized spacial score (nSPS) is 13.4. The second kappa shape index (κ2) is 6.00. The van der Waals surface area contributed by atoms with Crippen molar-refractivity contribution in [3.63, 3.8) is 0 Å². The van der Waals surface area contributed by atoms with Gasteiger partial charge in [-0.15, -0.1) is 0 Å². The zero-order valence-electron chi connectivity index (χ0n) is 10.0. The third-order valence-electron chi connectivity index (χ3n) is 2.43. The standard InChI is InChI=1S/C11H18N2O3S/c1-9(13-6-7-17(12,14)15)10-4-3-5-11(8-10)16-2/h3-5,8-9,13H,6-7H2,1-2H3,(H2,12,14,15)/t9-/m1/s1. The Balaban J connectivity index is 2.54. The summed E-state index contributed by atoms with van der Waals surface area (Å²) in [5.74, 6) is 0.712. The third-order valence-corrected chi connectivity index (χ3v) is 3.20. The number of methoxy groups -OCH3 is 1. The van der Waals surface area contributed by atoms with Crippen LogP contribution in [-0.2, 0) is 10.0 Å². The lowest BCUT2D eigenvalue weighted by molar-refractivity contribution is 0.413.